The van der Waals surface area contributed by atoms with Gasteiger partial charge in [0.25, 0.3) is 0 Å². The average Bonchev–Trinajstić information content (AvgIpc) is 2.29. The fourth-order valence-corrected chi connectivity index (χ4v) is 2.52. The van der Waals surface area contributed by atoms with Crippen LogP contribution in [0.25, 0.3) is 0 Å². The van der Waals surface area contributed by atoms with Gasteiger partial charge in [0.15, 0.2) is 0 Å². The zero-order chi connectivity index (χ0) is 10.7. The van der Waals surface area contributed by atoms with E-state index < -0.39 is 0 Å². The van der Waals surface area contributed by atoms with Gasteiger partial charge in [-0.3, -0.25) is 9.88 Å². The predicted molar refractivity (Wildman–Crippen MR) is 61.4 cm³/mol. The third kappa shape index (κ3) is 2.19. The van der Waals surface area contributed by atoms with Crippen LogP contribution in [0.5, 0.6) is 0 Å². The van der Waals surface area contributed by atoms with Gasteiger partial charge >= 0.3 is 0 Å². The summed E-state index contributed by atoms with van der Waals surface area (Å²) >= 11 is 0. The van der Waals surface area contributed by atoms with E-state index >= 15 is 0 Å². The van der Waals surface area contributed by atoms with Crippen molar-refractivity contribution in [1.82, 2.24) is 9.88 Å². The lowest BCUT2D eigenvalue weighted by molar-refractivity contribution is 0.122. The van der Waals surface area contributed by atoms with Crippen LogP contribution in [0, 0.1) is 5.92 Å². The van der Waals surface area contributed by atoms with Gasteiger partial charge in [-0.1, -0.05) is 6.07 Å². The Balaban J connectivity index is 2.23. The fraction of sp³-hybridized carbons (Fsp3) is 0.583. The maximum atomic E-state index is 5.84. The van der Waals surface area contributed by atoms with Crippen LogP contribution >= 0.6 is 0 Å². The number of hydrogen-bond donors (Lipinski definition) is 1. The monoisotopic (exact) mass is 205 g/mol. The Morgan fingerprint density at radius 2 is 2.40 bits per heavy atom. The molecule has 2 N–H and O–H groups in total. The molecule has 0 aromatic carbocycles. The van der Waals surface area contributed by atoms with Crippen LogP contribution in [0.1, 0.15) is 24.6 Å². The first kappa shape index (κ1) is 10.6. The van der Waals surface area contributed by atoms with E-state index in [9.17, 15) is 0 Å². The molecule has 0 amide bonds. The predicted octanol–water partition coefficient (Wildman–Crippen LogP) is 1.42. The zero-order valence-electron chi connectivity index (χ0n) is 9.26. The molecule has 0 bridgehead atoms. The first-order valence-electron chi connectivity index (χ1n) is 5.64. The zero-order valence-corrected chi connectivity index (χ0v) is 9.26. The van der Waals surface area contributed by atoms with Crippen molar-refractivity contribution in [3.8, 4) is 0 Å². The van der Waals surface area contributed by atoms with Crippen molar-refractivity contribution in [3.05, 3.63) is 30.1 Å². The van der Waals surface area contributed by atoms with Crippen LogP contribution < -0.4 is 5.73 Å². The number of nitrogens with two attached hydrogens (primary N) is 1. The maximum absolute atomic E-state index is 5.84. The molecule has 1 fully saturated rings. The second-order valence-electron chi connectivity index (χ2n) is 4.32. The molecule has 1 aromatic rings. The minimum Gasteiger partial charge on any atom is -0.330 e. The summed E-state index contributed by atoms with van der Waals surface area (Å²) in [5.74, 6) is 0.554. The van der Waals surface area contributed by atoms with Crippen molar-refractivity contribution in [3.63, 3.8) is 0 Å². The van der Waals surface area contributed by atoms with Crippen LogP contribution in [0.2, 0.25) is 0 Å². The molecule has 2 unspecified atom stereocenters. The molecule has 15 heavy (non-hydrogen) atoms. The number of aromatic nitrogens is 1. The molecule has 1 aromatic heterocycles. The number of piperidine rings is 1. The first-order valence-corrected chi connectivity index (χ1v) is 5.64. The van der Waals surface area contributed by atoms with Crippen LogP contribution in [0.4, 0.5) is 0 Å². The number of nitrogens with zero attached hydrogens (tertiary/aromatic N) is 2. The minimum absolute atomic E-state index is 0.407. The fourth-order valence-electron chi connectivity index (χ4n) is 2.52. The Hall–Kier alpha value is -0.930. The van der Waals surface area contributed by atoms with Crippen molar-refractivity contribution in [2.24, 2.45) is 11.7 Å². The summed E-state index contributed by atoms with van der Waals surface area (Å²) < 4.78 is 0. The Labute approximate surface area is 91.3 Å². The molecule has 82 valence electrons. The second-order valence-corrected chi connectivity index (χ2v) is 4.32. The molecule has 0 aliphatic carbocycles. The van der Waals surface area contributed by atoms with Crippen LogP contribution in [-0.2, 0) is 0 Å². The molecule has 2 heterocycles. The normalized spacial score (nSPS) is 27.9. The van der Waals surface area contributed by atoms with Crippen molar-refractivity contribution in [2.75, 3.05) is 20.1 Å². The quantitative estimate of drug-likeness (QED) is 0.794. The third-order valence-corrected chi connectivity index (χ3v) is 3.30. The van der Waals surface area contributed by atoms with Gasteiger partial charge in [0, 0.05) is 6.20 Å². The van der Waals surface area contributed by atoms with Gasteiger partial charge in [0.05, 0.1) is 11.7 Å². The third-order valence-electron chi connectivity index (χ3n) is 3.30. The van der Waals surface area contributed by atoms with Crippen molar-refractivity contribution in [2.45, 2.75) is 18.9 Å². The van der Waals surface area contributed by atoms with E-state index in [2.05, 4.69) is 29.1 Å². The van der Waals surface area contributed by atoms with Crippen molar-refractivity contribution >= 4 is 0 Å². The number of likely N-dealkylation sites (tertiary alicyclic amines) is 1. The summed E-state index contributed by atoms with van der Waals surface area (Å²) in [6.07, 6.45) is 4.34. The molecule has 1 aliphatic rings. The Morgan fingerprint density at radius 1 is 1.53 bits per heavy atom. The molecule has 1 saturated heterocycles. The summed E-state index contributed by atoms with van der Waals surface area (Å²) in [7, 11) is 2.17. The molecular formula is C12H19N3. The van der Waals surface area contributed by atoms with Crippen LogP contribution in [0.3, 0.4) is 0 Å². The van der Waals surface area contributed by atoms with Crippen LogP contribution in [0.15, 0.2) is 24.4 Å². The number of pyridine rings is 1. The van der Waals surface area contributed by atoms with E-state index in [0.29, 0.717) is 12.0 Å². The summed E-state index contributed by atoms with van der Waals surface area (Å²) in [5, 5.41) is 0. The molecule has 0 saturated carbocycles. The lowest BCUT2D eigenvalue weighted by Crippen LogP contribution is -2.39. The van der Waals surface area contributed by atoms with E-state index in [4.69, 9.17) is 5.73 Å². The molecular weight excluding hydrogens is 186 g/mol. The molecule has 1 aliphatic heterocycles. The van der Waals surface area contributed by atoms with Crippen molar-refractivity contribution in [1.29, 1.82) is 0 Å². The number of rotatable bonds is 2. The smallest absolute Gasteiger partial charge is 0.0578 e. The molecule has 2 atom stereocenters. The highest BCUT2D eigenvalue weighted by Crippen LogP contribution is 2.32. The molecule has 3 heteroatoms. The van der Waals surface area contributed by atoms with E-state index in [0.717, 1.165) is 18.8 Å². The Bertz CT molecular complexity index is 299. The van der Waals surface area contributed by atoms with E-state index in [1.54, 1.807) is 0 Å². The van der Waals surface area contributed by atoms with Gasteiger partial charge in [-0.05, 0) is 51.0 Å². The van der Waals surface area contributed by atoms with Gasteiger partial charge in [0.2, 0.25) is 0 Å². The summed E-state index contributed by atoms with van der Waals surface area (Å²) in [5.41, 5.74) is 7.00. The van der Waals surface area contributed by atoms with Gasteiger partial charge in [-0.25, -0.2) is 0 Å². The largest absolute Gasteiger partial charge is 0.330 e. The topological polar surface area (TPSA) is 42.1 Å². The van der Waals surface area contributed by atoms with Gasteiger partial charge < -0.3 is 5.73 Å². The summed E-state index contributed by atoms with van der Waals surface area (Å²) in [6, 6.07) is 6.53. The first-order chi connectivity index (χ1) is 7.33. The van der Waals surface area contributed by atoms with Crippen molar-refractivity contribution < 1.29 is 0 Å². The SMILES string of the molecule is CN1CCCC(CN)C1c1ccccn1. The molecule has 2 rings (SSSR count). The highest BCUT2D eigenvalue weighted by molar-refractivity contribution is 5.11. The lowest BCUT2D eigenvalue weighted by Gasteiger charge is -2.38. The molecule has 0 spiro atoms. The highest BCUT2D eigenvalue weighted by atomic mass is 15.2. The lowest BCUT2D eigenvalue weighted by atomic mass is 9.87. The summed E-state index contributed by atoms with van der Waals surface area (Å²) in [4.78, 5) is 6.83. The van der Waals surface area contributed by atoms with Gasteiger partial charge in [-0.15, -0.1) is 0 Å². The maximum Gasteiger partial charge on any atom is 0.0578 e. The number of hydrogen-bond acceptors (Lipinski definition) is 3. The second kappa shape index (κ2) is 4.73. The Morgan fingerprint density at radius 3 is 3.07 bits per heavy atom. The molecule has 3 nitrogen and oxygen atoms in total. The van der Waals surface area contributed by atoms with Gasteiger partial charge in [0.1, 0.15) is 0 Å². The van der Waals surface area contributed by atoms with E-state index in [1.165, 1.54) is 12.8 Å². The minimum atomic E-state index is 0.407. The Kier molecular flexibility index (Phi) is 3.34. The van der Waals surface area contributed by atoms with E-state index in [-0.39, 0.29) is 0 Å². The molecule has 0 radical (unpaired) electrons. The van der Waals surface area contributed by atoms with E-state index in [1.807, 2.05) is 12.3 Å². The highest BCUT2D eigenvalue weighted by Gasteiger charge is 2.30. The van der Waals surface area contributed by atoms with Gasteiger partial charge in [-0.2, -0.15) is 0 Å². The average molecular weight is 205 g/mol. The standard InChI is InChI=1S/C12H19N3/c1-15-8-4-5-10(9-13)12(15)11-6-2-3-7-14-11/h2-3,6-7,10,12H,4-5,8-9,13H2,1H3. The van der Waals surface area contributed by atoms with Crippen LogP contribution in [-0.4, -0.2) is 30.0 Å². The summed E-state index contributed by atoms with van der Waals surface area (Å²) in [6.45, 7) is 1.91.